The molecule has 0 heterocycles. The summed E-state index contributed by atoms with van der Waals surface area (Å²) in [6.45, 7) is 7.12. The maximum Gasteiger partial charge on any atom is 0.123 e. The number of hydrogen-bond donors (Lipinski definition) is 2. The molecule has 1 aliphatic carbocycles. The molecule has 0 atom stereocenters. The third-order valence-corrected chi connectivity index (χ3v) is 4.05. The second-order valence-corrected chi connectivity index (χ2v) is 7.10. The van der Waals surface area contributed by atoms with E-state index in [2.05, 4.69) is 20.8 Å². The van der Waals surface area contributed by atoms with E-state index in [9.17, 15) is 0 Å². The second-order valence-electron chi connectivity index (χ2n) is 7.10. The molecule has 0 unspecified atom stereocenters. The zero-order chi connectivity index (χ0) is 15.7. The van der Waals surface area contributed by atoms with Gasteiger partial charge in [0.1, 0.15) is 11.5 Å². The summed E-state index contributed by atoms with van der Waals surface area (Å²) in [5.41, 5.74) is 6.75. The highest BCUT2D eigenvalue weighted by atomic mass is 16.5. The van der Waals surface area contributed by atoms with Crippen molar-refractivity contribution in [3.05, 3.63) is 23.8 Å². The molecule has 21 heavy (non-hydrogen) atoms. The van der Waals surface area contributed by atoms with Crippen LogP contribution in [0.1, 0.15) is 45.6 Å². The molecule has 0 radical (unpaired) electrons. The highest BCUT2D eigenvalue weighted by molar-refractivity contribution is 5.78. The van der Waals surface area contributed by atoms with Gasteiger partial charge in [-0.05, 0) is 36.5 Å². The summed E-state index contributed by atoms with van der Waals surface area (Å²) in [5.74, 6) is 2.00. The first kappa shape index (κ1) is 15.7. The number of ether oxygens (including phenoxy) is 2. The van der Waals surface area contributed by atoms with Crippen LogP contribution < -0.4 is 15.2 Å². The minimum atomic E-state index is -0.0127. The normalized spacial score (nSPS) is 16.4. The van der Waals surface area contributed by atoms with E-state index in [1.165, 1.54) is 0 Å². The molecule has 0 amide bonds. The number of nitrogens with one attached hydrogen (secondary N) is 1. The monoisotopic (exact) mass is 290 g/mol. The van der Waals surface area contributed by atoms with Crippen LogP contribution in [0.4, 0.5) is 0 Å². The number of methoxy groups -OCH3 is 1. The summed E-state index contributed by atoms with van der Waals surface area (Å²) < 4.78 is 11.4. The number of amidine groups is 1. The van der Waals surface area contributed by atoms with E-state index in [-0.39, 0.29) is 16.7 Å². The molecule has 0 saturated heterocycles. The Morgan fingerprint density at radius 3 is 2.48 bits per heavy atom. The average molecular weight is 290 g/mol. The molecule has 0 bridgehead atoms. The summed E-state index contributed by atoms with van der Waals surface area (Å²) in [5, 5.41) is 7.47. The van der Waals surface area contributed by atoms with Gasteiger partial charge in [0.05, 0.1) is 19.6 Å². The predicted molar refractivity (Wildman–Crippen MR) is 85.4 cm³/mol. The van der Waals surface area contributed by atoms with E-state index >= 15 is 0 Å². The van der Waals surface area contributed by atoms with Crippen LogP contribution in [-0.2, 0) is 5.41 Å². The third kappa shape index (κ3) is 3.90. The van der Waals surface area contributed by atoms with E-state index < -0.39 is 0 Å². The third-order valence-electron chi connectivity index (χ3n) is 4.05. The summed E-state index contributed by atoms with van der Waals surface area (Å²) >= 11 is 0. The predicted octanol–water partition coefficient (Wildman–Crippen LogP) is 3.48. The van der Waals surface area contributed by atoms with Crippen LogP contribution >= 0.6 is 0 Å². The average Bonchev–Trinajstić information content (AvgIpc) is 3.14. The standard InChI is InChI=1S/C17H26N2O2/c1-16(2,3)13-9-12(20-4)5-6-14(13)21-11-17(7-8-17)10-15(18)19/h5-6,9H,7-8,10-11H2,1-4H3,(H3,18,19). The van der Waals surface area contributed by atoms with Crippen molar-refractivity contribution in [1.82, 2.24) is 0 Å². The highest BCUT2D eigenvalue weighted by Crippen LogP contribution is 2.49. The van der Waals surface area contributed by atoms with Gasteiger partial charge in [-0.1, -0.05) is 20.8 Å². The molecule has 1 aromatic rings. The van der Waals surface area contributed by atoms with Crippen molar-refractivity contribution in [3.63, 3.8) is 0 Å². The fourth-order valence-electron chi connectivity index (χ4n) is 2.53. The molecule has 1 aromatic carbocycles. The molecular weight excluding hydrogens is 264 g/mol. The van der Waals surface area contributed by atoms with Crippen LogP contribution in [-0.4, -0.2) is 19.6 Å². The Labute approximate surface area is 127 Å². The Kier molecular flexibility index (Phi) is 4.17. The van der Waals surface area contributed by atoms with Crippen molar-refractivity contribution < 1.29 is 9.47 Å². The zero-order valence-electron chi connectivity index (χ0n) is 13.5. The number of nitrogens with two attached hydrogens (primary N) is 1. The number of hydrogen-bond acceptors (Lipinski definition) is 3. The van der Waals surface area contributed by atoms with Gasteiger partial charge in [-0.15, -0.1) is 0 Å². The molecule has 2 rings (SSSR count). The van der Waals surface area contributed by atoms with Gasteiger partial charge in [-0.3, -0.25) is 5.41 Å². The van der Waals surface area contributed by atoms with Crippen molar-refractivity contribution in [3.8, 4) is 11.5 Å². The van der Waals surface area contributed by atoms with E-state index in [0.29, 0.717) is 13.0 Å². The quantitative estimate of drug-likeness (QED) is 0.622. The van der Waals surface area contributed by atoms with Crippen LogP contribution in [0.2, 0.25) is 0 Å². The molecule has 0 aliphatic heterocycles. The molecule has 3 N–H and O–H groups in total. The topological polar surface area (TPSA) is 68.3 Å². The minimum absolute atomic E-state index is 0.0127. The SMILES string of the molecule is COc1ccc(OCC2(CC(=N)N)CC2)c(C(C)(C)C)c1. The van der Waals surface area contributed by atoms with Crippen LogP contribution in [0.15, 0.2) is 18.2 Å². The molecule has 1 aliphatic rings. The van der Waals surface area contributed by atoms with Crippen molar-refractivity contribution in [2.45, 2.75) is 45.4 Å². The Balaban J connectivity index is 2.15. The van der Waals surface area contributed by atoms with Crippen molar-refractivity contribution in [2.75, 3.05) is 13.7 Å². The lowest BCUT2D eigenvalue weighted by Crippen LogP contribution is -2.23. The van der Waals surface area contributed by atoms with Gasteiger partial charge in [-0.2, -0.15) is 0 Å². The first-order chi connectivity index (χ1) is 9.76. The molecular formula is C17H26N2O2. The Morgan fingerprint density at radius 2 is 2.00 bits per heavy atom. The molecule has 0 spiro atoms. The fourth-order valence-corrected chi connectivity index (χ4v) is 2.53. The van der Waals surface area contributed by atoms with Crippen molar-refractivity contribution in [2.24, 2.45) is 11.1 Å². The van der Waals surface area contributed by atoms with Crippen LogP contribution in [0.3, 0.4) is 0 Å². The van der Waals surface area contributed by atoms with Gasteiger partial charge in [0, 0.05) is 17.4 Å². The maximum absolute atomic E-state index is 7.47. The molecule has 0 aromatic heterocycles. The van der Waals surface area contributed by atoms with E-state index in [0.717, 1.165) is 29.9 Å². The molecule has 4 nitrogen and oxygen atoms in total. The first-order valence-corrected chi connectivity index (χ1v) is 7.40. The van der Waals surface area contributed by atoms with E-state index in [4.69, 9.17) is 20.6 Å². The molecule has 1 fully saturated rings. The number of rotatable bonds is 6. The minimum Gasteiger partial charge on any atom is -0.497 e. The van der Waals surface area contributed by atoms with Gasteiger partial charge >= 0.3 is 0 Å². The lowest BCUT2D eigenvalue weighted by molar-refractivity contribution is 0.233. The largest absolute Gasteiger partial charge is 0.497 e. The summed E-state index contributed by atoms with van der Waals surface area (Å²) in [4.78, 5) is 0. The van der Waals surface area contributed by atoms with Gasteiger partial charge in [-0.25, -0.2) is 0 Å². The zero-order valence-corrected chi connectivity index (χ0v) is 13.5. The smallest absolute Gasteiger partial charge is 0.123 e. The number of benzene rings is 1. The second kappa shape index (κ2) is 5.58. The molecule has 4 heteroatoms. The van der Waals surface area contributed by atoms with Crippen LogP contribution in [0.5, 0.6) is 11.5 Å². The summed E-state index contributed by atoms with van der Waals surface area (Å²) in [7, 11) is 1.67. The first-order valence-electron chi connectivity index (χ1n) is 7.40. The van der Waals surface area contributed by atoms with Gasteiger partial charge in [0.15, 0.2) is 0 Å². The molecule has 1 saturated carbocycles. The highest BCUT2D eigenvalue weighted by Gasteiger charge is 2.44. The van der Waals surface area contributed by atoms with Crippen LogP contribution in [0, 0.1) is 10.8 Å². The van der Waals surface area contributed by atoms with E-state index in [1.807, 2.05) is 18.2 Å². The molecule has 116 valence electrons. The summed E-state index contributed by atoms with van der Waals surface area (Å²) in [6, 6.07) is 5.94. The lowest BCUT2D eigenvalue weighted by atomic mass is 9.86. The summed E-state index contributed by atoms with van der Waals surface area (Å²) in [6.07, 6.45) is 2.81. The van der Waals surface area contributed by atoms with Crippen molar-refractivity contribution in [1.29, 1.82) is 5.41 Å². The van der Waals surface area contributed by atoms with E-state index in [1.54, 1.807) is 7.11 Å². The fraction of sp³-hybridized carbons (Fsp3) is 0.588. The maximum atomic E-state index is 7.47. The Hall–Kier alpha value is -1.71. The van der Waals surface area contributed by atoms with Gasteiger partial charge < -0.3 is 15.2 Å². The van der Waals surface area contributed by atoms with Crippen LogP contribution in [0.25, 0.3) is 0 Å². The van der Waals surface area contributed by atoms with Gasteiger partial charge in [0.2, 0.25) is 0 Å². The lowest BCUT2D eigenvalue weighted by Gasteiger charge is -2.25. The van der Waals surface area contributed by atoms with Crippen molar-refractivity contribution >= 4 is 5.84 Å². The van der Waals surface area contributed by atoms with Gasteiger partial charge in [0.25, 0.3) is 0 Å². The Morgan fingerprint density at radius 1 is 1.33 bits per heavy atom. The Bertz CT molecular complexity index is 528.